The van der Waals surface area contributed by atoms with Crippen LogP contribution in [0.5, 0.6) is 0 Å². The van der Waals surface area contributed by atoms with Crippen molar-refractivity contribution in [3.8, 4) is 0 Å². The number of nitrogens with zero attached hydrogens (tertiary/aromatic N) is 2. The van der Waals surface area contributed by atoms with E-state index in [9.17, 15) is 9.59 Å². The third kappa shape index (κ3) is 5.65. The summed E-state index contributed by atoms with van der Waals surface area (Å²) in [5.41, 5.74) is 2.59. The van der Waals surface area contributed by atoms with Crippen LogP contribution in [0.4, 0.5) is 0 Å². The Morgan fingerprint density at radius 3 is 2.42 bits per heavy atom. The highest BCUT2D eigenvalue weighted by molar-refractivity contribution is 8.00. The molecule has 0 saturated carbocycles. The molecule has 0 aliphatic heterocycles. The summed E-state index contributed by atoms with van der Waals surface area (Å²) < 4.78 is 4.62. The molecule has 0 aliphatic carbocycles. The maximum Gasteiger partial charge on any atom is 0.316 e. The number of carbonyl (C=O) groups is 2. The molecule has 0 fully saturated rings. The zero-order chi connectivity index (χ0) is 17.5. The summed E-state index contributed by atoms with van der Waals surface area (Å²) in [5, 5.41) is 1.22. The van der Waals surface area contributed by atoms with Gasteiger partial charge in [0.15, 0.2) is 10.9 Å². The van der Waals surface area contributed by atoms with Gasteiger partial charge in [-0.3, -0.25) is 9.59 Å². The zero-order valence-electron chi connectivity index (χ0n) is 13.7. The van der Waals surface area contributed by atoms with Crippen LogP contribution in [0, 0.1) is 13.8 Å². The van der Waals surface area contributed by atoms with Crippen LogP contribution >= 0.6 is 23.5 Å². The molecule has 0 spiro atoms. The predicted octanol–water partition coefficient (Wildman–Crippen LogP) is 3.33. The third-order valence-corrected chi connectivity index (χ3v) is 4.81. The molecule has 0 aliphatic rings. The monoisotopic (exact) mass is 362 g/mol. The minimum atomic E-state index is -0.306. The fourth-order valence-corrected chi connectivity index (χ4v) is 3.44. The number of benzene rings is 1. The van der Waals surface area contributed by atoms with Crippen molar-refractivity contribution < 1.29 is 14.3 Å². The summed E-state index contributed by atoms with van der Waals surface area (Å²) in [6, 6.07) is 9.30. The number of carbonyl (C=O) groups excluding carboxylic acids is 2. The van der Waals surface area contributed by atoms with Gasteiger partial charge in [-0.05, 0) is 19.9 Å². The van der Waals surface area contributed by atoms with Crippen LogP contribution in [0.3, 0.4) is 0 Å². The number of aryl methyl sites for hydroxylation is 2. The van der Waals surface area contributed by atoms with E-state index in [-0.39, 0.29) is 23.3 Å². The minimum absolute atomic E-state index is 0.0360. The van der Waals surface area contributed by atoms with Crippen molar-refractivity contribution in [2.75, 3.05) is 18.6 Å². The number of methoxy groups -OCH3 is 1. The number of aromatic nitrogens is 2. The lowest BCUT2D eigenvalue weighted by atomic mass is 10.1. The van der Waals surface area contributed by atoms with Crippen LogP contribution in [-0.2, 0) is 9.53 Å². The normalized spacial score (nSPS) is 10.5. The molecule has 0 saturated heterocycles. The SMILES string of the molecule is COC(=O)CSc1cc(C)nc(SCC(=O)c2ccc(C)cc2)n1. The van der Waals surface area contributed by atoms with Crippen LogP contribution in [0.15, 0.2) is 40.5 Å². The molecule has 1 aromatic carbocycles. The molecule has 0 bridgehead atoms. The van der Waals surface area contributed by atoms with Gasteiger partial charge in [-0.15, -0.1) is 0 Å². The zero-order valence-corrected chi connectivity index (χ0v) is 15.4. The van der Waals surface area contributed by atoms with Gasteiger partial charge in [-0.1, -0.05) is 53.4 Å². The van der Waals surface area contributed by atoms with Gasteiger partial charge >= 0.3 is 5.97 Å². The summed E-state index contributed by atoms with van der Waals surface area (Å²) in [4.78, 5) is 32.1. The summed E-state index contributed by atoms with van der Waals surface area (Å²) in [6.45, 7) is 3.84. The number of hydrogen-bond donors (Lipinski definition) is 0. The van der Waals surface area contributed by atoms with Crippen molar-refractivity contribution in [2.24, 2.45) is 0 Å². The molecular weight excluding hydrogens is 344 g/mol. The average molecular weight is 362 g/mol. The van der Waals surface area contributed by atoms with Gasteiger partial charge in [0.1, 0.15) is 5.03 Å². The number of thioether (sulfide) groups is 2. The van der Waals surface area contributed by atoms with Crippen LogP contribution in [0.1, 0.15) is 21.6 Å². The van der Waals surface area contributed by atoms with Crippen molar-refractivity contribution in [1.29, 1.82) is 0 Å². The van der Waals surface area contributed by atoms with E-state index < -0.39 is 0 Å². The Kier molecular flexibility index (Phi) is 6.81. The summed E-state index contributed by atoms with van der Waals surface area (Å²) in [6.07, 6.45) is 0. The first kappa shape index (κ1) is 18.5. The Morgan fingerprint density at radius 2 is 1.75 bits per heavy atom. The van der Waals surface area contributed by atoms with E-state index in [4.69, 9.17) is 0 Å². The van der Waals surface area contributed by atoms with E-state index in [0.717, 1.165) is 11.3 Å². The van der Waals surface area contributed by atoms with Gasteiger partial charge in [0.05, 0.1) is 18.6 Å². The van der Waals surface area contributed by atoms with Crippen LogP contribution in [-0.4, -0.2) is 40.3 Å². The van der Waals surface area contributed by atoms with Crippen molar-refractivity contribution >= 4 is 35.3 Å². The highest BCUT2D eigenvalue weighted by Crippen LogP contribution is 2.22. The lowest BCUT2D eigenvalue weighted by molar-refractivity contribution is -0.137. The number of ketones is 1. The van der Waals surface area contributed by atoms with Gasteiger partial charge in [0.2, 0.25) is 0 Å². The van der Waals surface area contributed by atoms with Crippen molar-refractivity contribution in [2.45, 2.75) is 24.0 Å². The van der Waals surface area contributed by atoms with Gasteiger partial charge in [-0.25, -0.2) is 9.97 Å². The fraction of sp³-hybridized carbons (Fsp3) is 0.294. The molecular formula is C17H18N2O3S2. The van der Waals surface area contributed by atoms with Crippen molar-refractivity contribution in [3.63, 3.8) is 0 Å². The maximum atomic E-state index is 12.2. The summed E-state index contributed by atoms with van der Waals surface area (Å²) in [7, 11) is 1.35. The van der Waals surface area contributed by atoms with Crippen molar-refractivity contribution in [1.82, 2.24) is 9.97 Å². The van der Waals surface area contributed by atoms with Gasteiger partial charge in [-0.2, -0.15) is 0 Å². The quantitative estimate of drug-likeness (QED) is 0.246. The van der Waals surface area contributed by atoms with Gasteiger partial charge in [0, 0.05) is 11.3 Å². The smallest absolute Gasteiger partial charge is 0.316 e. The Bertz CT molecular complexity index is 733. The largest absolute Gasteiger partial charge is 0.468 e. The standard InChI is InChI=1S/C17H18N2O3S2/c1-11-4-6-13(7-5-11)14(20)9-24-17-18-12(2)8-15(19-17)23-10-16(21)22-3/h4-8H,9-10H2,1-3H3. The molecule has 2 rings (SSSR count). The lowest BCUT2D eigenvalue weighted by Crippen LogP contribution is -2.05. The predicted molar refractivity (Wildman–Crippen MR) is 95.7 cm³/mol. The average Bonchev–Trinajstić information content (AvgIpc) is 2.57. The summed E-state index contributed by atoms with van der Waals surface area (Å²) >= 11 is 2.58. The number of ether oxygens (including phenoxy) is 1. The van der Waals surface area contributed by atoms with E-state index in [1.54, 1.807) is 6.07 Å². The molecule has 1 aromatic heterocycles. The summed E-state index contributed by atoms with van der Waals surface area (Å²) in [5.74, 6) is 0.196. The highest BCUT2D eigenvalue weighted by Gasteiger charge is 2.10. The van der Waals surface area contributed by atoms with E-state index >= 15 is 0 Å². The number of Topliss-reactive ketones (excluding diaryl/α,β-unsaturated/α-hetero) is 1. The molecule has 126 valence electrons. The molecule has 5 nitrogen and oxygen atoms in total. The molecule has 0 N–H and O–H groups in total. The molecule has 2 aromatic rings. The molecule has 0 radical (unpaired) electrons. The Balaban J connectivity index is 1.98. The minimum Gasteiger partial charge on any atom is -0.468 e. The van der Waals surface area contributed by atoms with Crippen molar-refractivity contribution in [3.05, 3.63) is 47.2 Å². The maximum absolute atomic E-state index is 12.2. The van der Waals surface area contributed by atoms with E-state index in [0.29, 0.717) is 15.7 Å². The second-order valence-corrected chi connectivity index (χ2v) is 7.01. The van der Waals surface area contributed by atoms with Gasteiger partial charge < -0.3 is 4.74 Å². The van der Waals surface area contributed by atoms with E-state index in [1.165, 1.54) is 30.6 Å². The molecule has 24 heavy (non-hydrogen) atoms. The van der Waals surface area contributed by atoms with Gasteiger partial charge in [0.25, 0.3) is 0 Å². The topological polar surface area (TPSA) is 69.2 Å². The molecule has 0 amide bonds. The lowest BCUT2D eigenvalue weighted by Gasteiger charge is -2.05. The second kappa shape index (κ2) is 8.84. The third-order valence-electron chi connectivity index (χ3n) is 3.08. The first-order chi connectivity index (χ1) is 11.5. The number of rotatable bonds is 7. The highest BCUT2D eigenvalue weighted by atomic mass is 32.2. The van der Waals surface area contributed by atoms with E-state index in [1.807, 2.05) is 38.1 Å². The van der Waals surface area contributed by atoms with Crippen LogP contribution < -0.4 is 0 Å². The van der Waals surface area contributed by atoms with E-state index in [2.05, 4.69) is 14.7 Å². The number of esters is 1. The Labute approximate surface area is 149 Å². The number of hydrogen-bond acceptors (Lipinski definition) is 7. The molecule has 0 atom stereocenters. The fourth-order valence-electron chi connectivity index (χ4n) is 1.80. The Morgan fingerprint density at radius 1 is 1.04 bits per heavy atom. The molecule has 7 heteroatoms. The van der Waals surface area contributed by atoms with Crippen LogP contribution in [0.2, 0.25) is 0 Å². The van der Waals surface area contributed by atoms with Crippen LogP contribution in [0.25, 0.3) is 0 Å². The molecule has 1 heterocycles. The second-order valence-electron chi connectivity index (χ2n) is 5.07. The Hall–Kier alpha value is -1.86. The first-order valence-corrected chi connectivity index (χ1v) is 9.23. The first-order valence-electron chi connectivity index (χ1n) is 7.26. The molecule has 0 unspecified atom stereocenters.